The predicted octanol–water partition coefficient (Wildman–Crippen LogP) is 7.84. The Kier molecular flexibility index (Phi) is 13.6. The minimum absolute atomic E-state index is 0.110. The minimum Gasteiger partial charge on any atom is -0.493 e. The summed E-state index contributed by atoms with van der Waals surface area (Å²) >= 11 is 6.88. The van der Waals surface area contributed by atoms with Gasteiger partial charge in [-0.15, -0.1) is 0 Å². The number of ether oxygens (including phenoxy) is 3. The van der Waals surface area contributed by atoms with Gasteiger partial charge in [-0.3, -0.25) is 24.7 Å². The fraction of sp³-hybridized carbons (Fsp3) is 0.308. The summed E-state index contributed by atoms with van der Waals surface area (Å²) in [4.78, 5) is 51.7. The molecule has 1 N–H and O–H groups in total. The molecular weight excluding hydrogens is 676 g/mol. The van der Waals surface area contributed by atoms with E-state index in [-0.39, 0.29) is 28.3 Å². The number of nitrogens with one attached hydrogen (secondary N) is 1. The molecule has 11 heteroatoms. The van der Waals surface area contributed by atoms with Crippen LogP contribution >= 0.6 is 23.4 Å². The normalized spacial score (nSPS) is 14.0. The topological polar surface area (TPSA) is 121 Å². The summed E-state index contributed by atoms with van der Waals surface area (Å²) in [6.07, 6.45) is 3.98. The number of ketones is 1. The molecule has 4 aromatic rings. The number of carbonyl (C=O) groups excluding carboxylic acids is 4. The van der Waals surface area contributed by atoms with Crippen LogP contribution in [0.25, 0.3) is 0 Å². The molecule has 2 amide bonds. The van der Waals surface area contributed by atoms with Crippen LogP contribution in [0.4, 0.5) is 4.79 Å². The number of nitrogens with zero attached hydrogens (tertiary/aromatic N) is 1. The first-order valence-electron chi connectivity index (χ1n) is 16.3. The molecule has 1 aromatic heterocycles. The predicted molar refractivity (Wildman–Crippen MR) is 195 cm³/mol. The van der Waals surface area contributed by atoms with Crippen molar-refractivity contribution in [2.45, 2.75) is 70.8 Å². The van der Waals surface area contributed by atoms with E-state index in [4.69, 9.17) is 25.8 Å². The van der Waals surface area contributed by atoms with Gasteiger partial charge in [0.25, 0.3) is 5.24 Å². The zero-order valence-electron chi connectivity index (χ0n) is 28.7. The van der Waals surface area contributed by atoms with Crippen LogP contribution in [0.2, 0.25) is 5.02 Å². The van der Waals surface area contributed by atoms with Crippen molar-refractivity contribution in [3.05, 3.63) is 124 Å². The first-order chi connectivity index (χ1) is 23.8. The molecule has 0 aliphatic carbocycles. The van der Waals surface area contributed by atoms with Crippen LogP contribution in [0.3, 0.4) is 0 Å². The molecule has 50 heavy (non-hydrogen) atoms. The molecule has 1 aliphatic heterocycles. The van der Waals surface area contributed by atoms with Gasteiger partial charge in [0.15, 0.2) is 11.4 Å². The summed E-state index contributed by atoms with van der Waals surface area (Å²) in [5.74, 6) is 0.509. The molecular formula is C39H41ClN2O7S. The number of esters is 1. The molecule has 0 bridgehead atoms. The Hall–Kier alpha value is -4.67. The van der Waals surface area contributed by atoms with Gasteiger partial charge < -0.3 is 14.2 Å². The first kappa shape index (κ1) is 38.1. The summed E-state index contributed by atoms with van der Waals surface area (Å²) in [7, 11) is 0. The van der Waals surface area contributed by atoms with Crippen LogP contribution < -0.4 is 14.8 Å². The molecule has 5 rings (SSSR count). The van der Waals surface area contributed by atoms with E-state index in [0.29, 0.717) is 34.9 Å². The lowest BCUT2D eigenvalue weighted by atomic mass is 10.0. The van der Waals surface area contributed by atoms with Gasteiger partial charge in [-0.1, -0.05) is 48.5 Å². The highest BCUT2D eigenvalue weighted by atomic mass is 35.5. The summed E-state index contributed by atoms with van der Waals surface area (Å²) in [6.45, 7) is 9.53. The van der Waals surface area contributed by atoms with E-state index in [9.17, 15) is 19.2 Å². The summed E-state index contributed by atoms with van der Waals surface area (Å²) in [5, 5.41) is 2.28. The highest BCUT2D eigenvalue weighted by Crippen LogP contribution is 2.25. The Morgan fingerprint density at radius 3 is 2.02 bits per heavy atom. The second-order valence-corrected chi connectivity index (χ2v) is 13.9. The van der Waals surface area contributed by atoms with E-state index in [2.05, 4.69) is 23.3 Å². The average molecular weight is 717 g/mol. The number of halogens is 1. The van der Waals surface area contributed by atoms with Crippen molar-refractivity contribution in [2.24, 2.45) is 0 Å². The third kappa shape index (κ3) is 11.5. The lowest BCUT2D eigenvalue weighted by Gasteiger charge is -2.25. The van der Waals surface area contributed by atoms with Gasteiger partial charge in [0.05, 0.1) is 18.0 Å². The van der Waals surface area contributed by atoms with E-state index in [1.807, 2.05) is 36.5 Å². The lowest BCUT2D eigenvalue weighted by molar-refractivity contribution is -0.163. The molecule has 0 radical (unpaired) electrons. The van der Waals surface area contributed by atoms with Crippen LogP contribution in [0.15, 0.2) is 91.1 Å². The van der Waals surface area contributed by atoms with Gasteiger partial charge in [-0.2, -0.15) is 0 Å². The third-order valence-electron chi connectivity index (χ3n) is 7.46. The molecule has 262 valence electrons. The summed E-state index contributed by atoms with van der Waals surface area (Å²) < 4.78 is 16.7. The van der Waals surface area contributed by atoms with Crippen molar-refractivity contribution < 1.29 is 33.4 Å². The van der Waals surface area contributed by atoms with Crippen molar-refractivity contribution >= 4 is 46.3 Å². The highest BCUT2D eigenvalue weighted by Gasteiger charge is 2.33. The molecule has 2 heterocycles. The quantitative estimate of drug-likeness (QED) is 0.109. The van der Waals surface area contributed by atoms with Gasteiger partial charge in [-0.05, 0) is 118 Å². The molecule has 1 atom stereocenters. The van der Waals surface area contributed by atoms with Crippen molar-refractivity contribution in [3.63, 3.8) is 0 Å². The molecule has 1 fully saturated rings. The van der Waals surface area contributed by atoms with Crippen LogP contribution in [0.5, 0.6) is 11.5 Å². The Morgan fingerprint density at radius 2 is 1.48 bits per heavy atom. The largest absolute Gasteiger partial charge is 0.493 e. The van der Waals surface area contributed by atoms with Gasteiger partial charge in [0, 0.05) is 34.5 Å². The van der Waals surface area contributed by atoms with E-state index in [0.717, 1.165) is 41.6 Å². The maximum absolute atomic E-state index is 12.4. The van der Waals surface area contributed by atoms with Crippen LogP contribution in [0, 0.1) is 0 Å². The second-order valence-electron chi connectivity index (χ2n) is 12.3. The fourth-order valence-electron chi connectivity index (χ4n) is 4.68. The molecule has 0 spiro atoms. The molecule has 1 saturated heterocycles. The van der Waals surface area contributed by atoms with Crippen molar-refractivity contribution in [1.82, 2.24) is 10.3 Å². The van der Waals surface area contributed by atoms with Crippen LogP contribution in [-0.4, -0.2) is 51.4 Å². The Labute approximate surface area is 302 Å². The number of thioether (sulfide) groups is 1. The van der Waals surface area contributed by atoms with Crippen molar-refractivity contribution in [1.29, 1.82) is 0 Å². The Morgan fingerprint density at radius 1 is 0.880 bits per heavy atom. The highest BCUT2D eigenvalue weighted by molar-refractivity contribution is 8.15. The van der Waals surface area contributed by atoms with Gasteiger partial charge in [0.1, 0.15) is 11.5 Å². The first-order valence-corrected chi connectivity index (χ1v) is 17.6. The minimum atomic E-state index is -1.12. The molecule has 0 saturated carbocycles. The number of amides is 2. The zero-order valence-corrected chi connectivity index (χ0v) is 30.3. The van der Waals surface area contributed by atoms with Gasteiger partial charge >= 0.3 is 5.97 Å². The monoisotopic (exact) mass is 716 g/mol. The molecule has 1 unspecified atom stereocenters. The number of aryl methyl sites for hydroxylation is 1. The van der Waals surface area contributed by atoms with E-state index >= 15 is 0 Å². The fourth-order valence-corrected chi connectivity index (χ4v) is 5.67. The third-order valence-corrected chi connectivity index (χ3v) is 8.70. The second kappa shape index (κ2) is 17.8. The van der Waals surface area contributed by atoms with Crippen molar-refractivity contribution in [3.8, 4) is 11.5 Å². The number of aromatic nitrogens is 1. The molecule has 1 aliphatic rings. The van der Waals surface area contributed by atoms with Crippen LogP contribution in [-0.2, 0) is 33.6 Å². The van der Waals surface area contributed by atoms with Gasteiger partial charge in [-0.25, -0.2) is 4.79 Å². The molecule has 3 aromatic carbocycles. The average Bonchev–Trinajstić information content (AvgIpc) is 3.41. The molecule has 9 nitrogen and oxygen atoms in total. The number of carbonyl (C=O) groups is 4. The lowest BCUT2D eigenvalue weighted by Crippen LogP contribution is -2.40. The van der Waals surface area contributed by atoms with E-state index in [1.165, 1.54) is 5.56 Å². The maximum atomic E-state index is 12.4. The SMILES string of the molecule is CC(C)OC(=O)C(C)(C)Oc1ccc(C(=O)c2ccc(Cl)cc2)cc1.CCc1ccc(CCOc2ccc(CC3SC(=O)NC3=O)cc2)nc1. The Balaban J connectivity index is 0.000000225. The summed E-state index contributed by atoms with van der Waals surface area (Å²) in [6, 6.07) is 25.1. The number of imide groups is 1. The van der Waals surface area contributed by atoms with Crippen molar-refractivity contribution in [2.75, 3.05) is 6.61 Å². The van der Waals surface area contributed by atoms with E-state index < -0.39 is 11.6 Å². The number of pyridine rings is 1. The smallest absolute Gasteiger partial charge is 0.350 e. The maximum Gasteiger partial charge on any atom is 0.350 e. The Bertz CT molecular complexity index is 1760. The summed E-state index contributed by atoms with van der Waals surface area (Å²) in [5.41, 5.74) is 3.22. The number of hydrogen-bond acceptors (Lipinski definition) is 9. The number of rotatable bonds is 13. The standard InChI is InChI=1S/C20H21ClO4.C19H20N2O3S/c1-13(2)24-19(23)20(3,4)25-17-11-7-15(8-12-17)18(22)14-5-9-16(21)10-6-14;1-2-13-3-6-15(20-12-13)9-10-24-16-7-4-14(5-8-16)11-17-18(22)21-19(23)25-17/h5-13H,1-4H3;3-8,12,17H,2,9-11H2,1H3,(H,21,22,23). The number of benzene rings is 3. The zero-order chi connectivity index (χ0) is 36.3. The van der Waals surface area contributed by atoms with E-state index in [1.54, 1.807) is 76.2 Å². The number of hydrogen-bond donors (Lipinski definition) is 1. The van der Waals surface area contributed by atoms with Crippen LogP contribution in [0.1, 0.15) is 67.4 Å². The van der Waals surface area contributed by atoms with Gasteiger partial charge in [0.2, 0.25) is 5.91 Å².